The molecule has 0 saturated carbocycles. The first kappa shape index (κ1) is 14.6. The molecule has 0 aliphatic carbocycles. The Hall–Kier alpha value is -0.450. The topological polar surface area (TPSA) is 37.4 Å². The second-order valence-electron chi connectivity index (χ2n) is 3.97. The van der Waals surface area contributed by atoms with E-state index in [4.69, 9.17) is 23.2 Å². The van der Waals surface area contributed by atoms with Crippen LogP contribution >= 0.6 is 23.2 Å². The van der Waals surface area contributed by atoms with Crippen LogP contribution in [0.15, 0.2) is 18.2 Å². The number of nitrogens with zero attached hydrogens (tertiary/aromatic N) is 1. The van der Waals surface area contributed by atoms with Crippen molar-refractivity contribution < 1.29 is 8.42 Å². The Kier molecular flexibility index (Phi) is 5.10. The number of rotatable bonds is 5. The van der Waals surface area contributed by atoms with E-state index in [1.807, 2.05) is 24.1 Å². The number of alkyl halides is 1. The second-order valence-corrected chi connectivity index (χ2v) is 6.91. The summed E-state index contributed by atoms with van der Waals surface area (Å²) in [6.07, 6.45) is 1.22. The fourth-order valence-electron chi connectivity index (χ4n) is 1.37. The number of benzene rings is 1. The number of hydrogen-bond donors (Lipinski definition) is 0. The molecule has 0 bridgehead atoms. The molecule has 17 heavy (non-hydrogen) atoms. The van der Waals surface area contributed by atoms with Gasteiger partial charge in [-0.15, -0.1) is 11.6 Å². The van der Waals surface area contributed by atoms with Crippen LogP contribution in [0.1, 0.15) is 5.56 Å². The number of anilines is 1. The van der Waals surface area contributed by atoms with Crippen molar-refractivity contribution in [2.75, 3.05) is 30.5 Å². The van der Waals surface area contributed by atoms with Crippen molar-refractivity contribution in [1.29, 1.82) is 0 Å². The molecule has 0 saturated heterocycles. The average molecular weight is 296 g/mol. The van der Waals surface area contributed by atoms with Crippen molar-refractivity contribution in [2.24, 2.45) is 0 Å². The van der Waals surface area contributed by atoms with Gasteiger partial charge in [0.05, 0.1) is 16.5 Å². The maximum atomic E-state index is 11.1. The Morgan fingerprint density at radius 1 is 1.35 bits per heavy atom. The smallest absolute Gasteiger partial charge is 0.149 e. The van der Waals surface area contributed by atoms with Crippen LogP contribution in [0.25, 0.3) is 0 Å². The fraction of sp³-hybridized carbons (Fsp3) is 0.455. The van der Waals surface area contributed by atoms with Gasteiger partial charge in [0.1, 0.15) is 9.84 Å². The summed E-state index contributed by atoms with van der Waals surface area (Å²) in [5, 5.41) is 0.583. The molecule has 1 rings (SSSR count). The third kappa shape index (κ3) is 4.74. The van der Waals surface area contributed by atoms with Crippen molar-refractivity contribution in [3.05, 3.63) is 28.8 Å². The normalized spacial score (nSPS) is 11.5. The van der Waals surface area contributed by atoms with Crippen molar-refractivity contribution in [3.8, 4) is 0 Å². The number of hydrogen-bond acceptors (Lipinski definition) is 3. The predicted octanol–water partition coefficient (Wildman–Crippen LogP) is 2.56. The molecule has 0 radical (unpaired) electrons. The molecular weight excluding hydrogens is 281 g/mol. The van der Waals surface area contributed by atoms with E-state index in [-0.39, 0.29) is 5.75 Å². The van der Waals surface area contributed by atoms with E-state index in [1.54, 1.807) is 6.07 Å². The molecule has 0 aliphatic heterocycles. The van der Waals surface area contributed by atoms with Gasteiger partial charge >= 0.3 is 0 Å². The van der Waals surface area contributed by atoms with Gasteiger partial charge in [-0.05, 0) is 17.7 Å². The minimum atomic E-state index is -2.96. The molecule has 6 heteroatoms. The van der Waals surface area contributed by atoms with Crippen molar-refractivity contribution >= 4 is 38.7 Å². The molecule has 1 aromatic carbocycles. The van der Waals surface area contributed by atoms with Crippen LogP contribution in [0.4, 0.5) is 5.69 Å². The zero-order valence-electron chi connectivity index (χ0n) is 9.78. The molecular formula is C11H15Cl2NO2S. The highest BCUT2D eigenvalue weighted by atomic mass is 35.5. The standard InChI is InChI=1S/C11H15Cl2NO2S/c1-14(5-6-17(2,15)16)11-4-3-9(8-12)7-10(11)13/h3-4,7H,5-6,8H2,1-2H3. The Labute approximate surface area is 112 Å². The molecule has 0 amide bonds. The summed E-state index contributed by atoms with van der Waals surface area (Å²) < 4.78 is 22.2. The summed E-state index contributed by atoms with van der Waals surface area (Å²) in [6.45, 7) is 0.415. The number of sulfone groups is 1. The summed E-state index contributed by atoms with van der Waals surface area (Å²) in [4.78, 5) is 1.82. The monoisotopic (exact) mass is 295 g/mol. The molecule has 96 valence electrons. The lowest BCUT2D eigenvalue weighted by atomic mass is 10.2. The highest BCUT2D eigenvalue weighted by Crippen LogP contribution is 2.26. The van der Waals surface area contributed by atoms with E-state index >= 15 is 0 Å². The van der Waals surface area contributed by atoms with E-state index in [9.17, 15) is 8.42 Å². The molecule has 0 heterocycles. The first-order chi connectivity index (χ1) is 7.83. The van der Waals surface area contributed by atoms with Gasteiger partial charge in [0.15, 0.2) is 0 Å². The van der Waals surface area contributed by atoms with E-state index in [0.717, 1.165) is 11.3 Å². The number of halogens is 2. The van der Waals surface area contributed by atoms with Crippen LogP contribution < -0.4 is 4.90 Å². The molecule has 0 N–H and O–H groups in total. The molecule has 0 unspecified atom stereocenters. The summed E-state index contributed by atoms with van der Waals surface area (Å²) in [6, 6.07) is 5.52. The lowest BCUT2D eigenvalue weighted by Crippen LogP contribution is -2.25. The highest BCUT2D eigenvalue weighted by Gasteiger charge is 2.09. The first-order valence-corrected chi connectivity index (χ1v) is 8.04. The Balaban J connectivity index is 2.79. The van der Waals surface area contributed by atoms with Crippen molar-refractivity contribution in [1.82, 2.24) is 0 Å². The fourth-order valence-corrected chi connectivity index (χ4v) is 2.49. The maximum absolute atomic E-state index is 11.1. The molecule has 0 fully saturated rings. The Morgan fingerprint density at radius 2 is 2.00 bits per heavy atom. The molecule has 0 aliphatic rings. The lowest BCUT2D eigenvalue weighted by molar-refractivity contribution is 0.601. The molecule has 3 nitrogen and oxygen atoms in total. The zero-order valence-corrected chi connectivity index (χ0v) is 12.1. The van der Waals surface area contributed by atoms with Crippen LogP contribution in [0, 0.1) is 0 Å². The summed E-state index contributed by atoms with van der Waals surface area (Å²) in [7, 11) is -1.15. The van der Waals surface area contributed by atoms with Gasteiger partial charge in [-0.25, -0.2) is 8.42 Å². The Bertz CT molecular complexity index is 488. The van der Waals surface area contributed by atoms with E-state index in [1.165, 1.54) is 6.26 Å². The average Bonchev–Trinajstić information content (AvgIpc) is 2.24. The van der Waals surface area contributed by atoms with Gasteiger partial charge in [0, 0.05) is 25.7 Å². The predicted molar refractivity (Wildman–Crippen MR) is 74.0 cm³/mol. The lowest BCUT2D eigenvalue weighted by Gasteiger charge is -2.20. The first-order valence-electron chi connectivity index (χ1n) is 5.07. The third-order valence-electron chi connectivity index (χ3n) is 2.38. The quantitative estimate of drug-likeness (QED) is 0.784. The molecule has 0 atom stereocenters. The van der Waals surface area contributed by atoms with Crippen LogP contribution in [0.3, 0.4) is 0 Å². The third-order valence-corrected chi connectivity index (χ3v) is 3.91. The highest BCUT2D eigenvalue weighted by molar-refractivity contribution is 7.90. The molecule has 1 aromatic rings. The minimum Gasteiger partial charge on any atom is -0.372 e. The van der Waals surface area contributed by atoms with Gasteiger partial charge < -0.3 is 4.90 Å². The van der Waals surface area contributed by atoms with Crippen LogP contribution in [0.5, 0.6) is 0 Å². The van der Waals surface area contributed by atoms with Crippen molar-refractivity contribution in [3.63, 3.8) is 0 Å². The minimum absolute atomic E-state index is 0.108. The van der Waals surface area contributed by atoms with Crippen molar-refractivity contribution in [2.45, 2.75) is 5.88 Å². The van der Waals surface area contributed by atoms with Crippen LogP contribution in [0.2, 0.25) is 5.02 Å². The summed E-state index contributed by atoms with van der Waals surface area (Å²) >= 11 is 11.8. The van der Waals surface area contributed by atoms with E-state index in [2.05, 4.69) is 0 Å². The van der Waals surface area contributed by atoms with Gasteiger partial charge in [-0.2, -0.15) is 0 Å². The largest absolute Gasteiger partial charge is 0.372 e. The van der Waals surface area contributed by atoms with Gasteiger partial charge in [-0.3, -0.25) is 0 Å². The van der Waals surface area contributed by atoms with Gasteiger partial charge in [0.2, 0.25) is 0 Å². The Morgan fingerprint density at radius 3 is 2.47 bits per heavy atom. The van der Waals surface area contributed by atoms with E-state index < -0.39 is 9.84 Å². The SMILES string of the molecule is CN(CCS(C)(=O)=O)c1ccc(CCl)cc1Cl. The summed E-state index contributed by atoms with van der Waals surface area (Å²) in [5.74, 6) is 0.518. The molecule has 0 aromatic heterocycles. The summed E-state index contributed by atoms with van der Waals surface area (Å²) in [5.41, 5.74) is 1.75. The van der Waals surface area contributed by atoms with Crippen LogP contribution in [-0.4, -0.2) is 34.0 Å². The van der Waals surface area contributed by atoms with Crippen LogP contribution in [-0.2, 0) is 15.7 Å². The maximum Gasteiger partial charge on any atom is 0.149 e. The van der Waals surface area contributed by atoms with Gasteiger partial charge in [0.25, 0.3) is 0 Å². The van der Waals surface area contributed by atoms with Gasteiger partial charge in [-0.1, -0.05) is 17.7 Å². The van der Waals surface area contributed by atoms with E-state index in [0.29, 0.717) is 17.4 Å². The second kappa shape index (κ2) is 5.94. The zero-order chi connectivity index (χ0) is 13.1. The molecule has 0 spiro atoms.